The lowest BCUT2D eigenvalue weighted by atomic mass is 9.71. The van der Waals surface area contributed by atoms with E-state index in [-0.39, 0.29) is 51.0 Å². The lowest BCUT2D eigenvalue weighted by molar-refractivity contribution is -0.319. The van der Waals surface area contributed by atoms with Gasteiger partial charge in [-0.3, -0.25) is 24.1 Å². The summed E-state index contributed by atoms with van der Waals surface area (Å²) in [5.74, 6) is -4.22. The lowest BCUT2D eigenvalue weighted by Crippen LogP contribution is -2.67. The maximum Gasteiger partial charge on any atom is 0.309 e. The van der Waals surface area contributed by atoms with E-state index in [1.165, 1.54) is 14.0 Å². The van der Waals surface area contributed by atoms with Crippen LogP contribution in [-0.4, -0.2) is 170 Å². The number of benzene rings is 1. The van der Waals surface area contributed by atoms with Crippen molar-refractivity contribution in [2.45, 2.75) is 179 Å². The molecule has 3 saturated heterocycles. The standard InChI is InChI=1S/C50H78N2O15/c1-12-39(56)64-38-27-41(58)61-31(4)21-24-52(23-17-20-35-18-15-14-16-19-35)29-37(55)30(3)26-36(22-25-53)43(47(38)60-11)48-45(59)44(51(9)10)46(32(5)63-48)66-42-28-50(8,67-34(7)54)49(33(6)62-42)65-40(57)13-2/h14-20,25,30-33,36-38,42-49,55,59H,12-13,21-24,26-29H2,1-11H3/b20-17+/t30-,31-,32-,33+,36+,37+,38-,42+,43+,44-,45-,46-,47-,48+,49+,50-/m1/s1. The largest absolute Gasteiger partial charge is 0.463 e. The zero-order chi connectivity index (χ0) is 49.6. The average Bonchev–Trinajstić information content (AvgIpc) is 3.26. The second-order valence-electron chi connectivity index (χ2n) is 19.0. The monoisotopic (exact) mass is 947 g/mol. The highest BCUT2D eigenvalue weighted by Gasteiger charge is 2.56. The first-order valence-electron chi connectivity index (χ1n) is 23.9. The van der Waals surface area contributed by atoms with Crippen LogP contribution < -0.4 is 0 Å². The Balaban J connectivity index is 1.75. The Hall–Kier alpha value is -3.81. The third-order valence-electron chi connectivity index (χ3n) is 13.4. The molecule has 0 bridgehead atoms. The number of aldehydes is 1. The molecule has 0 aliphatic carbocycles. The number of aliphatic hydroxyl groups excluding tert-OH is 2. The molecule has 0 radical (unpaired) electrons. The Morgan fingerprint density at radius 2 is 1.64 bits per heavy atom. The van der Waals surface area contributed by atoms with Gasteiger partial charge in [0.05, 0.1) is 43.0 Å². The van der Waals surface area contributed by atoms with Crippen molar-refractivity contribution >= 4 is 36.2 Å². The quantitative estimate of drug-likeness (QED) is 0.141. The fraction of sp³-hybridized carbons (Fsp3) is 0.740. The molecule has 3 aliphatic heterocycles. The summed E-state index contributed by atoms with van der Waals surface area (Å²) >= 11 is 0. The fourth-order valence-electron chi connectivity index (χ4n) is 10.0. The molecule has 17 heteroatoms. The number of β-amino-alcohol motifs (C(OH)–C–C–N with tert-alkyl or cyclic N) is 1. The summed E-state index contributed by atoms with van der Waals surface area (Å²) in [5, 5.41) is 24.6. The van der Waals surface area contributed by atoms with Crippen LogP contribution >= 0.6 is 0 Å². The number of hydrogen-bond donors (Lipinski definition) is 2. The number of esters is 4. The summed E-state index contributed by atoms with van der Waals surface area (Å²) in [6, 6.07) is 9.08. The summed E-state index contributed by atoms with van der Waals surface area (Å²) in [6.07, 6.45) is -5.29. The number of methoxy groups -OCH3 is 1. The van der Waals surface area contributed by atoms with Crippen molar-refractivity contribution < 1.29 is 72.1 Å². The first-order chi connectivity index (χ1) is 31.7. The molecule has 0 aromatic heterocycles. The van der Waals surface area contributed by atoms with Crippen LogP contribution in [0.1, 0.15) is 106 Å². The molecule has 1 aromatic rings. The second-order valence-corrected chi connectivity index (χ2v) is 19.0. The molecule has 378 valence electrons. The Kier molecular flexibility index (Phi) is 21.9. The second kappa shape index (κ2) is 26.2. The molecular formula is C50H78N2O15. The molecule has 2 N–H and O–H groups in total. The maximum absolute atomic E-state index is 13.8. The summed E-state index contributed by atoms with van der Waals surface area (Å²) in [5.41, 5.74) is -0.295. The summed E-state index contributed by atoms with van der Waals surface area (Å²) in [4.78, 5) is 68.5. The Morgan fingerprint density at radius 1 is 0.970 bits per heavy atom. The zero-order valence-corrected chi connectivity index (χ0v) is 41.4. The van der Waals surface area contributed by atoms with E-state index >= 15 is 0 Å². The normalized spacial score (nSPS) is 36.3. The van der Waals surface area contributed by atoms with Crippen molar-refractivity contribution in [1.82, 2.24) is 9.80 Å². The van der Waals surface area contributed by atoms with E-state index in [2.05, 4.69) is 4.90 Å². The number of nitrogens with zero attached hydrogens (tertiary/aromatic N) is 2. The van der Waals surface area contributed by atoms with Gasteiger partial charge in [-0.1, -0.05) is 63.3 Å². The lowest BCUT2D eigenvalue weighted by Gasteiger charge is -2.53. The SMILES string of the molecule is CCC(=O)O[C@@H]1CC(=O)O[C@H](C)CCN(C/C=C/c2ccccc2)C[C@H](O)[C@H](C)C[C@H](CC=O)[C@H]([C@@H]2O[C@H](C)[C@@H](O[C@H]3C[C@@](C)(OC(C)=O)[C@@H](OC(=O)CC)[C@H](C)O3)[C@H](N(C)C)[C@H]2O)[C@@H]1OC. The van der Waals surface area contributed by atoms with E-state index < -0.39 is 115 Å². The van der Waals surface area contributed by atoms with Gasteiger partial charge in [0.25, 0.3) is 0 Å². The van der Waals surface area contributed by atoms with Crippen molar-refractivity contribution in [3.63, 3.8) is 0 Å². The van der Waals surface area contributed by atoms with Crippen LogP contribution in [0.25, 0.3) is 6.08 Å². The van der Waals surface area contributed by atoms with Crippen molar-refractivity contribution in [1.29, 1.82) is 0 Å². The van der Waals surface area contributed by atoms with Gasteiger partial charge < -0.3 is 57.8 Å². The third-order valence-corrected chi connectivity index (χ3v) is 13.4. The van der Waals surface area contributed by atoms with Gasteiger partial charge in [-0.2, -0.15) is 0 Å². The van der Waals surface area contributed by atoms with Crippen LogP contribution in [-0.2, 0) is 61.9 Å². The van der Waals surface area contributed by atoms with Crippen LogP contribution in [0, 0.1) is 17.8 Å². The van der Waals surface area contributed by atoms with E-state index in [0.29, 0.717) is 19.5 Å². The van der Waals surface area contributed by atoms with Crippen LogP contribution in [0.15, 0.2) is 36.4 Å². The van der Waals surface area contributed by atoms with E-state index in [9.17, 15) is 34.2 Å². The van der Waals surface area contributed by atoms with Crippen LogP contribution in [0.5, 0.6) is 0 Å². The van der Waals surface area contributed by atoms with Crippen LogP contribution in [0.3, 0.4) is 0 Å². The highest BCUT2D eigenvalue weighted by Crippen LogP contribution is 2.43. The number of likely N-dealkylation sites (N-methyl/N-ethyl adjacent to an activating group) is 1. The average molecular weight is 947 g/mol. The minimum atomic E-state index is -1.35. The molecule has 67 heavy (non-hydrogen) atoms. The Labute approximate surface area is 397 Å². The molecule has 0 spiro atoms. The van der Waals surface area contributed by atoms with Gasteiger partial charge in [-0.15, -0.1) is 0 Å². The van der Waals surface area contributed by atoms with E-state index in [0.717, 1.165) is 11.8 Å². The smallest absolute Gasteiger partial charge is 0.309 e. The highest BCUT2D eigenvalue weighted by molar-refractivity contribution is 5.73. The minimum absolute atomic E-state index is 0.0000473. The maximum atomic E-state index is 13.8. The van der Waals surface area contributed by atoms with Gasteiger partial charge in [-0.05, 0) is 72.0 Å². The van der Waals surface area contributed by atoms with Crippen LogP contribution in [0.4, 0.5) is 0 Å². The van der Waals surface area contributed by atoms with E-state index in [4.69, 9.17) is 37.9 Å². The van der Waals surface area contributed by atoms with Gasteiger partial charge in [0, 0.05) is 65.3 Å². The van der Waals surface area contributed by atoms with Gasteiger partial charge in [0.2, 0.25) is 0 Å². The van der Waals surface area contributed by atoms with Crippen LogP contribution in [0.2, 0.25) is 0 Å². The molecule has 3 fully saturated rings. The van der Waals surface area contributed by atoms with Gasteiger partial charge in [-0.25, -0.2) is 0 Å². The highest BCUT2D eigenvalue weighted by atomic mass is 16.7. The fourth-order valence-corrected chi connectivity index (χ4v) is 10.0. The number of ether oxygens (including phenoxy) is 8. The zero-order valence-electron chi connectivity index (χ0n) is 41.4. The molecule has 3 aliphatic rings. The first-order valence-corrected chi connectivity index (χ1v) is 23.9. The molecule has 17 nitrogen and oxygen atoms in total. The Morgan fingerprint density at radius 3 is 2.25 bits per heavy atom. The minimum Gasteiger partial charge on any atom is -0.463 e. The molecule has 0 saturated carbocycles. The number of cyclic esters (lactones) is 1. The van der Waals surface area contributed by atoms with Crippen molar-refractivity contribution in [3.8, 4) is 0 Å². The predicted molar refractivity (Wildman–Crippen MR) is 247 cm³/mol. The Bertz CT molecular complexity index is 1770. The molecule has 4 rings (SSSR count). The topological polar surface area (TPSA) is 206 Å². The third kappa shape index (κ3) is 15.6. The van der Waals surface area contributed by atoms with E-state index in [1.54, 1.807) is 60.5 Å². The summed E-state index contributed by atoms with van der Waals surface area (Å²) in [7, 11) is 4.98. The van der Waals surface area contributed by atoms with Crippen molar-refractivity contribution in [2.75, 3.05) is 40.8 Å². The molecule has 3 heterocycles. The first kappa shape index (κ1) is 55.8. The van der Waals surface area contributed by atoms with Crippen molar-refractivity contribution in [3.05, 3.63) is 42.0 Å². The summed E-state index contributed by atoms with van der Waals surface area (Å²) in [6.45, 7) is 14.7. The van der Waals surface area contributed by atoms with Gasteiger partial charge in [0.1, 0.15) is 30.7 Å². The molecule has 16 atom stereocenters. The van der Waals surface area contributed by atoms with Gasteiger partial charge >= 0.3 is 23.9 Å². The number of aliphatic hydroxyl groups is 2. The number of carbonyl (C=O) groups excluding carboxylic acids is 5. The number of rotatable bonds is 15. The molecule has 1 aromatic carbocycles. The number of carbonyl (C=O) groups is 5. The summed E-state index contributed by atoms with van der Waals surface area (Å²) < 4.78 is 49.5. The molecular weight excluding hydrogens is 869 g/mol. The van der Waals surface area contributed by atoms with Gasteiger partial charge in [0.15, 0.2) is 18.0 Å². The number of hydrogen-bond acceptors (Lipinski definition) is 17. The predicted octanol–water partition coefficient (Wildman–Crippen LogP) is 4.51. The van der Waals surface area contributed by atoms with Crippen molar-refractivity contribution in [2.24, 2.45) is 17.8 Å². The molecule has 0 amide bonds. The molecule has 0 unspecified atom stereocenters. The van der Waals surface area contributed by atoms with E-state index in [1.807, 2.05) is 49.4 Å².